The van der Waals surface area contributed by atoms with E-state index in [-0.39, 0.29) is 17.2 Å². The highest BCUT2D eigenvalue weighted by Crippen LogP contribution is 2.17. The monoisotopic (exact) mass is 242 g/mol. The minimum absolute atomic E-state index is 0.0578. The van der Waals surface area contributed by atoms with E-state index in [9.17, 15) is 13.2 Å². The first-order valence-electron chi connectivity index (χ1n) is 4.58. The molecule has 1 aromatic carbocycles. The average molecular weight is 242 g/mol. The number of hydrogen-bond donors (Lipinski definition) is 2. The lowest BCUT2D eigenvalue weighted by Gasteiger charge is -2.01. The number of nitrogens with two attached hydrogens (primary N) is 1. The smallest absolute Gasteiger partial charge is 0.408 e. The topological polar surface area (TPSA) is 106 Å². The van der Waals surface area contributed by atoms with Crippen LogP contribution in [0.1, 0.15) is 0 Å². The predicted octanol–water partition coefficient (Wildman–Crippen LogP) is -0.147. The Balaban J connectivity index is 2.59. The van der Waals surface area contributed by atoms with Gasteiger partial charge in [0.05, 0.1) is 16.2 Å². The fraction of sp³-hybridized carbons (Fsp3) is 0.222. The van der Waals surface area contributed by atoms with Crippen molar-refractivity contribution in [2.45, 2.75) is 4.90 Å². The molecule has 0 unspecified atom stereocenters. The zero-order chi connectivity index (χ0) is 11.8. The van der Waals surface area contributed by atoms with Crippen LogP contribution in [-0.4, -0.2) is 25.7 Å². The van der Waals surface area contributed by atoms with Crippen LogP contribution in [0.25, 0.3) is 11.1 Å². The third kappa shape index (κ3) is 1.86. The first-order chi connectivity index (χ1) is 7.53. The van der Waals surface area contributed by atoms with Gasteiger partial charge in [-0.1, -0.05) is 0 Å². The largest absolute Gasteiger partial charge is 0.417 e. The van der Waals surface area contributed by atoms with E-state index in [0.29, 0.717) is 11.1 Å². The molecule has 16 heavy (non-hydrogen) atoms. The molecule has 2 aromatic rings. The fourth-order valence-electron chi connectivity index (χ4n) is 1.40. The molecule has 3 N–H and O–H groups in total. The molecule has 0 fully saturated rings. The summed E-state index contributed by atoms with van der Waals surface area (Å²) in [5, 5.41) is 0. The number of aromatic amines is 1. The molecule has 0 spiro atoms. The van der Waals surface area contributed by atoms with Gasteiger partial charge in [0.25, 0.3) is 0 Å². The van der Waals surface area contributed by atoms with Crippen LogP contribution < -0.4 is 11.5 Å². The molecule has 0 aliphatic heterocycles. The molecule has 2 rings (SSSR count). The summed E-state index contributed by atoms with van der Waals surface area (Å²) in [6.45, 7) is 0.0578. The predicted molar refractivity (Wildman–Crippen MR) is 57.9 cm³/mol. The number of H-pyrrole nitrogens is 1. The highest BCUT2D eigenvalue weighted by atomic mass is 32.2. The Morgan fingerprint density at radius 3 is 2.81 bits per heavy atom. The maximum absolute atomic E-state index is 11.7. The van der Waals surface area contributed by atoms with E-state index in [4.69, 9.17) is 10.2 Å². The third-order valence-corrected chi connectivity index (χ3v) is 3.88. The van der Waals surface area contributed by atoms with Gasteiger partial charge < -0.3 is 10.2 Å². The number of oxazole rings is 1. The van der Waals surface area contributed by atoms with E-state index < -0.39 is 15.6 Å². The number of sulfone groups is 1. The summed E-state index contributed by atoms with van der Waals surface area (Å²) < 4.78 is 28.1. The Kier molecular flexibility index (Phi) is 2.56. The fourth-order valence-corrected chi connectivity index (χ4v) is 2.52. The number of fused-ring (bicyclic) bond motifs is 1. The van der Waals surface area contributed by atoms with Gasteiger partial charge in [0.15, 0.2) is 15.4 Å². The molecule has 86 valence electrons. The lowest BCUT2D eigenvalue weighted by molar-refractivity contribution is 0.555. The molecule has 7 heteroatoms. The third-order valence-electron chi connectivity index (χ3n) is 2.14. The average Bonchev–Trinajstić information content (AvgIpc) is 2.56. The summed E-state index contributed by atoms with van der Waals surface area (Å²) >= 11 is 0. The molecule has 0 atom stereocenters. The van der Waals surface area contributed by atoms with Crippen LogP contribution >= 0.6 is 0 Å². The first kappa shape index (κ1) is 10.9. The Labute approximate surface area is 91.0 Å². The van der Waals surface area contributed by atoms with E-state index in [1.807, 2.05) is 0 Å². The first-order valence-corrected chi connectivity index (χ1v) is 6.24. The van der Waals surface area contributed by atoms with Crippen LogP contribution in [0.5, 0.6) is 0 Å². The molecular weight excluding hydrogens is 232 g/mol. The lowest BCUT2D eigenvalue weighted by Crippen LogP contribution is -2.15. The number of nitrogens with one attached hydrogen (secondary N) is 1. The summed E-state index contributed by atoms with van der Waals surface area (Å²) in [4.78, 5) is 13.4. The highest BCUT2D eigenvalue weighted by Gasteiger charge is 2.14. The summed E-state index contributed by atoms with van der Waals surface area (Å²) in [6, 6.07) is 4.20. The van der Waals surface area contributed by atoms with E-state index in [0.717, 1.165) is 0 Å². The van der Waals surface area contributed by atoms with Gasteiger partial charge in [-0.2, -0.15) is 0 Å². The van der Waals surface area contributed by atoms with Crippen molar-refractivity contribution in [2.75, 3.05) is 12.3 Å². The van der Waals surface area contributed by atoms with Crippen molar-refractivity contribution in [3.63, 3.8) is 0 Å². The Morgan fingerprint density at radius 1 is 1.38 bits per heavy atom. The Bertz CT molecular complexity index is 668. The van der Waals surface area contributed by atoms with Crippen LogP contribution in [0, 0.1) is 0 Å². The molecule has 1 aromatic heterocycles. The number of benzene rings is 1. The maximum Gasteiger partial charge on any atom is 0.417 e. The van der Waals surface area contributed by atoms with Crippen molar-refractivity contribution in [3.8, 4) is 0 Å². The van der Waals surface area contributed by atoms with Crippen molar-refractivity contribution >= 4 is 20.9 Å². The molecular formula is C9H10N2O4S. The summed E-state index contributed by atoms with van der Waals surface area (Å²) in [6.07, 6.45) is 0. The molecule has 0 aliphatic rings. The second-order valence-electron chi connectivity index (χ2n) is 3.28. The van der Waals surface area contributed by atoms with Gasteiger partial charge in [0.1, 0.15) is 0 Å². The number of aromatic nitrogens is 1. The maximum atomic E-state index is 11.7. The van der Waals surface area contributed by atoms with Crippen molar-refractivity contribution in [2.24, 2.45) is 5.73 Å². The van der Waals surface area contributed by atoms with Crippen molar-refractivity contribution in [1.82, 2.24) is 4.98 Å². The number of hydrogen-bond acceptors (Lipinski definition) is 5. The zero-order valence-electron chi connectivity index (χ0n) is 8.26. The van der Waals surface area contributed by atoms with E-state index in [1.165, 1.54) is 18.2 Å². The summed E-state index contributed by atoms with van der Waals surface area (Å²) in [7, 11) is -3.38. The van der Waals surface area contributed by atoms with E-state index in [1.54, 1.807) is 0 Å². The minimum atomic E-state index is -3.38. The normalized spacial score (nSPS) is 12.1. The zero-order valence-corrected chi connectivity index (χ0v) is 9.08. The quantitative estimate of drug-likeness (QED) is 0.778. The molecule has 0 saturated carbocycles. The SMILES string of the molecule is NCCS(=O)(=O)c1ccc2oc(=O)[nH]c2c1. The Morgan fingerprint density at radius 2 is 2.12 bits per heavy atom. The molecule has 0 amide bonds. The standard InChI is InChI=1S/C9H10N2O4S/c10-3-4-16(13,14)6-1-2-8-7(5-6)11-9(12)15-8/h1-2,5H,3-4,10H2,(H,11,12). The van der Waals surface area contributed by atoms with Crippen molar-refractivity contribution in [1.29, 1.82) is 0 Å². The Hall–Kier alpha value is -1.60. The molecule has 1 heterocycles. The van der Waals surface area contributed by atoms with E-state index >= 15 is 0 Å². The van der Waals surface area contributed by atoms with E-state index in [2.05, 4.69) is 4.98 Å². The van der Waals surface area contributed by atoms with Crippen LogP contribution in [0.4, 0.5) is 0 Å². The summed E-state index contributed by atoms with van der Waals surface area (Å²) in [5.41, 5.74) is 5.91. The molecule has 6 nitrogen and oxygen atoms in total. The minimum Gasteiger partial charge on any atom is -0.408 e. The van der Waals surface area contributed by atoms with Crippen LogP contribution in [0.3, 0.4) is 0 Å². The van der Waals surface area contributed by atoms with Gasteiger partial charge in [-0.05, 0) is 18.2 Å². The second kappa shape index (κ2) is 3.76. The van der Waals surface area contributed by atoms with Crippen LogP contribution in [0.2, 0.25) is 0 Å². The van der Waals surface area contributed by atoms with Crippen LogP contribution in [-0.2, 0) is 9.84 Å². The highest BCUT2D eigenvalue weighted by molar-refractivity contribution is 7.91. The molecule has 0 bridgehead atoms. The second-order valence-corrected chi connectivity index (χ2v) is 5.39. The van der Waals surface area contributed by atoms with Gasteiger partial charge >= 0.3 is 5.76 Å². The van der Waals surface area contributed by atoms with Gasteiger partial charge in [-0.15, -0.1) is 0 Å². The van der Waals surface area contributed by atoms with Gasteiger partial charge in [-0.3, -0.25) is 4.98 Å². The van der Waals surface area contributed by atoms with Crippen LogP contribution in [0.15, 0.2) is 32.3 Å². The summed E-state index contributed by atoms with van der Waals surface area (Å²) in [5.74, 6) is -0.732. The molecule has 0 aliphatic carbocycles. The molecule has 0 saturated heterocycles. The van der Waals surface area contributed by atoms with Gasteiger partial charge in [0, 0.05) is 6.54 Å². The van der Waals surface area contributed by atoms with Gasteiger partial charge in [-0.25, -0.2) is 13.2 Å². The van der Waals surface area contributed by atoms with Crippen molar-refractivity contribution in [3.05, 3.63) is 28.7 Å². The van der Waals surface area contributed by atoms with Gasteiger partial charge in [0.2, 0.25) is 0 Å². The van der Waals surface area contributed by atoms with Crippen molar-refractivity contribution < 1.29 is 12.8 Å². The lowest BCUT2D eigenvalue weighted by atomic mass is 10.3. The number of rotatable bonds is 3. The molecule has 0 radical (unpaired) electrons.